The zero-order valence-corrected chi connectivity index (χ0v) is 11.6. The Hall–Kier alpha value is -0.930. The molecule has 2 rings (SSSR count). The maximum atomic E-state index is 13.2. The molecular formula is C16H24FNO. The first kappa shape index (κ1) is 14.5. The Labute approximate surface area is 115 Å². The van der Waals surface area contributed by atoms with E-state index in [1.54, 1.807) is 12.1 Å². The van der Waals surface area contributed by atoms with E-state index in [0.29, 0.717) is 18.4 Å². The van der Waals surface area contributed by atoms with Crippen molar-refractivity contribution < 1.29 is 9.50 Å². The second kappa shape index (κ2) is 7.01. The summed E-state index contributed by atoms with van der Waals surface area (Å²) in [5.74, 6) is 0.799. The van der Waals surface area contributed by atoms with Crippen LogP contribution in [0.5, 0.6) is 0 Å². The maximum Gasteiger partial charge on any atom is 0.123 e. The van der Waals surface area contributed by atoms with Crippen LogP contribution in [0.15, 0.2) is 24.3 Å². The van der Waals surface area contributed by atoms with Crippen molar-refractivity contribution in [3.05, 3.63) is 35.6 Å². The Morgan fingerprint density at radius 3 is 2.74 bits per heavy atom. The SMILES string of the molecule is CC(NCC1CCCCC1CO)c1cccc(F)c1. The molecule has 1 aromatic rings. The fraction of sp³-hybridized carbons (Fsp3) is 0.625. The first-order valence-corrected chi connectivity index (χ1v) is 7.30. The van der Waals surface area contributed by atoms with Crippen LogP contribution in [0.4, 0.5) is 4.39 Å². The molecule has 0 saturated heterocycles. The highest BCUT2D eigenvalue weighted by Crippen LogP contribution is 2.29. The number of aliphatic hydroxyl groups is 1. The van der Waals surface area contributed by atoms with E-state index in [1.807, 2.05) is 6.07 Å². The summed E-state index contributed by atoms with van der Waals surface area (Å²) in [6, 6.07) is 6.91. The molecule has 2 N–H and O–H groups in total. The molecule has 2 nitrogen and oxygen atoms in total. The van der Waals surface area contributed by atoms with E-state index in [9.17, 15) is 9.50 Å². The summed E-state index contributed by atoms with van der Waals surface area (Å²) in [5.41, 5.74) is 0.983. The third-order valence-corrected chi connectivity index (χ3v) is 4.34. The molecule has 0 aromatic heterocycles. The van der Waals surface area contributed by atoms with Crippen LogP contribution in [0.1, 0.15) is 44.2 Å². The van der Waals surface area contributed by atoms with Gasteiger partial charge in [0.25, 0.3) is 0 Å². The van der Waals surface area contributed by atoms with Gasteiger partial charge in [0, 0.05) is 12.6 Å². The van der Waals surface area contributed by atoms with Crippen LogP contribution in [0.25, 0.3) is 0 Å². The Balaban J connectivity index is 1.87. The van der Waals surface area contributed by atoms with Crippen molar-refractivity contribution in [2.45, 2.75) is 38.6 Å². The fourth-order valence-electron chi connectivity index (χ4n) is 3.02. The highest BCUT2D eigenvalue weighted by Gasteiger charge is 2.24. The number of hydrogen-bond donors (Lipinski definition) is 2. The van der Waals surface area contributed by atoms with Gasteiger partial charge in [-0.25, -0.2) is 4.39 Å². The topological polar surface area (TPSA) is 32.3 Å². The maximum absolute atomic E-state index is 13.2. The van der Waals surface area contributed by atoms with Crippen LogP contribution >= 0.6 is 0 Å². The number of aliphatic hydroxyl groups excluding tert-OH is 1. The molecule has 106 valence electrons. The van der Waals surface area contributed by atoms with Gasteiger partial charge in [-0.05, 0) is 55.8 Å². The molecule has 1 aromatic carbocycles. The lowest BCUT2D eigenvalue weighted by Gasteiger charge is -2.31. The molecule has 1 saturated carbocycles. The van der Waals surface area contributed by atoms with Crippen LogP contribution in [0.2, 0.25) is 0 Å². The number of nitrogens with one attached hydrogen (secondary N) is 1. The van der Waals surface area contributed by atoms with E-state index in [1.165, 1.54) is 25.3 Å². The predicted molar refractivity (Wildman–Crippen MR) is 75.4 cm³/mol. The Kier molecular flexibility index (Phi) is 5.34. The molecule has 1 aliphatic carbocycles. The van der Waals surface area contributed by atoms with Crippen molar-refractivity contribution in [1.29, 1.82) is 0 Å². The van der Waals surface area contributed by atoms with E-state index >= 15 is 0 Å². The molecule has 3 heteroatoms. The number of hydrogen-bond acceptors (Lipinski definition) is 2. The van der Waals surface area contributed by atoms with Crippen molar-refractivity contribution in [3.8, 4) is 0 Å². The molecule has 19 heavy (non-hydrogen) atoms. The molecular weight excluding hydrogens is 241 g/mol. The average molecular weight is 265 g/mol. The summed E-state index contributed by atoms with van der Waals surface area (Å²) in [5, 5.41) is 12.9. The van der Waals surface area contributed by atoms with Gasteiger partial charge in [0.05, 0.1) is 0 Å². The van der Waals surface area contributed by atoms with Gasteiger partial charge in [-0.1, -0.05) is 25.0 Å². The van der Waals surface area contributed by atoms with Crippen molar-refractivity contribution in [2.75, 3.05) is 13.2 Å². The second-order valence-corrected chi connectivity index (χ2v) is 5.67. The van der Waals surface area contributed by atoms with Crippen LogP contribution in [0, 0.1) is 17.7 Å². The van der Waals surface area contributed by atoms with E-state index < -0.39 is 0 Å². The average Bonchev–Trinajstić information content (AvgIpc) is 2.45. The van der Waals surface area contributed by atoms with Gasteiger partial charge >= 0.3 is 0 Å². The van der Waals surface area contributed by atoms with Gasteiger partial charge < -0.3 is 10.4 Å². The quantitative estimate of drug-likeness (QED) is 0.856. The highest BCUT2D eigenvalue weighted by molar-refractivity contribution is 5.19. The van der Waals surface area contributed by atoms with Crippen LogP contribution in [-0.4, -0.2) is 18.3 Å². The van der Waals surface area contributed by atoms with E-state index in [2.05, 4.69) is 12.2 Å². The zero-order valence-electron chi connectivity index (χ0n) is 11.6. The lowest BCUT2D eigenvalue weighted by molar-refractivity contribution is 0.131. The summed E-state index contributed by atoms with van der Waals surface area (Å²) in [7, 11) is 0. The van der Waals surface area contributed by atoms with Crippen LogP contribution in [-0.2, 0) is 0 Å². The molecule has 1 aliphatic rings. The molecule has 0 bridgehead atoms. The number of benzene rings is 1. The van der Waals surface area contributed by atoms with Crippen LogP contribution < -0.4 is 5.32 Å². The third kappa shape index (κ3) is 4.02. The Bertz CT molecular complexity index is 396. The first-order valence-electron chi connectivity index (χ1n) is 7.30. The van der Waals surface area contributed by atoms with Crippen molar-refractivity contribution in [3.63, 3.8) is 0 Å². The van der Waals surface area contributed by atoms with Gasteiger partial charge in [-0.15, -0.1) is 0 Å². The van der Waals surface area contributed by atoms with Gasteiger partial charge in [-0.3, -0.25) is 0 Å². The van der Waals surface area contributed by atoms with Crippen LogP contribution in [0.3, 0.4) is 0 Å². The summed E-state index contributed by atoms with van der Waals surface area (Å²) in [6.45, 7) is 3.26. The van der Waals surface area contributed by atoms with Crippen molar-refractivity contribution >= 4 is 0 Å². The van der Waals surface area contributed by atoms with Gasteiger partial charge in [0.1, 0.15) is 5.82 Å². The van der Waals surface area contributed by atoms with Gasteiger partial charge in [0.2, 0.25) is 0 Å². The van der Waals surface area contributed by atoms with Crippen molar-refractivity contribution in [2.24, 2.45) is 11.8 Å². The minimum atomic E-state index is -0.183. The lowest BCUT2D eigenvalue weighted by atomic mass is 9.79. The molecule has 0 aliphatic heterocycles. The predicted octanol–water partition coefficient (Wildman–Crippen LogP) is 3.28. The first-order chi connectivity index (χ1) is 9.20. The number of halogens is 1. The normalized spacial score (nSPS) is 25.2. The fourth-order valence-corrected chi connectivity index (χ4v) is 3.02. The summed E-state index contributed by atoms with van der Waals surface area (Å²) < 4.78 is 13.2. The monoisotopic (exact) mass is 265 g/mol. The largest absolute Gasteiger partial charge is 0.396 e. The van der Waals surface area contributed by atoms with E-state index in [-0.39, 0.29) is 11.9 Å². The molecule has 1 fully saturated rings. The van der Waals surface area contributed by atoms with Crippen molar-refractivity contribution in [1.82, 2.24) is 5.32 Å². The second-order valence-electron chi connectivity index (χ2n) is 5.67. The third-order valence-electron chi connectivity index (χ3n) is 4.34. The highest BCUT2D eigenvalue weighted by atomic mass is 19.1. The van der Waals surface area contributed by atoms with Gasteiger partial charge in [-0.2, -0.15) is 0 Å². The lowest BCUT2D eigenvalue weighted by Crippen LogP contribution is -2.33. The molecule has 3 unspecified atom stereocenters. The minimum absolute atomic E-state index is 0.150. The van der Waals surface area contributed by atoms with E-state index in [4.69, 9.17) is 0 Å². The van der Waals surface area contributed by atoms with E-state index in [0.717, 1.165) is 18.5 Å². The summed E-state index contributed by atoms with van der Waals surface area (Å²) >= 11 is 0. The summed E-state index contributed by atoms with van der Waals surface area (Å²) in [6.07, 6.45) is 4.82. The van der Waals surface area contributed by atoms with Gasteiger partial charge in [0.15, 0.2) is 0 Å². The standard InChI is InChI=1S/C16H24FNO/c1-12(13-7-4-8-16(17)9-13)18-10-14-5-2-3-6-15(14)11-19/h4,7-9,12,14-15,18-19H,2-3,5-6,10-11H2,1H3. The molecule has 0 radical (unpaired) electrons. The smallest absolute Gasteiger partial charge is 0.123 e. The Morgan fingerprint density at radius 1 is 1.32 bits per heavy atom. The zero-order chi connectivity index (χ0) is 13.7. The summed E-state index contributed by atoms with van der Waals surface area (Å²) in [4.78, 5) is 0. The molecule has 0 spiro atoms. The minimum Gasteiger partial charge on any atom is -0.396 e. The Morgan fingerprint density at radius 2 is 2.05 bits per heavy atom. The number of rotatable bonds is 5. The molecule has 0 amide bonds. The molecule has 3 atom stereocenters. The molecule has 0 heterocycles.